The van der Waals surface area contributed by atoms with Gasteiger partial charge in [0, 0.05) is 37.2 Å². The molecule has 5 nitrogen and oxygen atoms in total. The fourth-order valence-corrected chi connectivity index (χ4v) is 5.07. The Kier molecular flexibility index (Phi) is 4.62. The number of thiazole rings is 1. The van der Waals surface area contributed by atoms with Crippen LogP contribution in [0, 0.1) is 17.3 Å². The van der Waals surface area contributed by atoms with Crippen LogP contribution in [0.3, 0.4) is 0 Å². The number of carbonyl (C=O) groups is 1. The van der Waals surface area contributed by atoms with Crippen LogP contribution in [0.5, 0.6) is 0 Å². The molecule has 3 fully saturated rings. The van der Waals surface area contributed by atoms with Gasteiger partial charge in [-0.3, -0.25) is 9.69 Å². The lowest BCUT2D eigenvalue weighted by Gasteiger charge is -2.41. The van der Waals surface area contributed by atoms with Gasteiger partial charge in [0.1, 0.15) is 5.01 Å². The maximum Gasteiger partial charge on any atom is 0.228 e. The van der Waals surface area contributed by atoms with Crippen molar-refractivity contribution in [2.24, 2.45) is 17.3 Å². The molecule has 1 spiro atoms. The van der Waals surface area contributed by atoms with E-state index in [2.05, 4.69) is 14.8 Å². The average molecular weight is 350 g/mol. The topological polar surface area (TPSA) is 45.7 Å². The van der Waals surface area contributed by atoms with Crippen LogP contribution in [-0.4, -0.2) is 60.6 Å². The quantitative estimate of drug-likeness (QED) is 0.790. The Hall–Kier alpha value is -0.980. The third kappa shape index (κ3) is 3.24. The smallest absolute Gasteiger partial charge is 0.228 e. The maximum atomic E-state index is 12.9. The van der Waals surface area contributed by atoms with Crippen LogP contribution in [0.4, 0.5) is 0 Å². The minimum atomic E-state index is 0.0586. The van der Waals surface area contributed by atoms with Crippen molar-refractivity contribution < 1.29 is 9.53 Å². The van der Waals surface area contributed by atoms with Crippen LogP contribution in [0.15, 0.2) is 11.6 Å². The van der Waals surface area contributed by atoms with Gasteiger partial charge >= 0.3 is 0 Å². The molecule has 6 heteroatoms. The second-order valence-corrected chi connectivity index (χ2v) is 8.71. The van der Waals surface area contributed by atoms with E-state index in [0.717, 1.165) is 51.5 Å². The molecule has 4 rings (SSSR count). The molecule has 132 valence electrons. The molecule has 1 amide bonds. The summed E-state index contributed by atoms with van der Waals surface area (Å²) in [7, 11) is 1.72. The van der Waals surface area contributed by atoms with Crippen molar-refractivity contribution in [3.63, 3.8) is 0 Å². The molecule has 3 heterocycles. The summed E-state index contributed by atoms with van der Waals surface area (Å²) in [6.07, 6.45) is 6.67. The molecule has 1 aromatic heterocycles. The fraction of sp³-hybridized carbons (Fsp3) is 0.778. The highest BCUT2D eigenvalue weighted by Gasteiger charge is 2.53. The number of piperidine rings is 1. The normalized spacial score (nSPS) is 27.3. The predicted octanol–water partition coefficient (Wildman–Crippen LogP) is 2.24. The van der Waals surface area contributed by atoms with Crippen LogP contribution in [-0.2, 0) is 16.1 Å². The van der Waals surface area contributed by atoms with Gasteiger partial charge in [-0.1, -0.05) is 0 Å². The number of ether oxygens (including phenoxy) is 1. The van der Waals surface area contributed by atoms with Gasteiger partial charge in [-0.25, -0.2) is 4.98 Å². The fourth-order valence-electron chi connectivity index (χ4n) is 4.42. The first-order chi connectivity index (χ1) is 11.7. The lowest BCUT2D eigenvalue weighted by molar-refractivity contribution is -0.133. The van der Waals surface area contributed by atoms with E-state index in [-0.39, 0.29) is 11.3 Å². The molecule has 1 saturated carbocycles. The molecule has 2 saturated heterocycles. The molecule has 1 atom stereocenters. The van der Waals surface area contributed by atoms with E-state index in [4.69, 9.17) is 4.74 Å². The van der Waals surface area contributed by atoms with E-state index in [9.17, 15) is 4.79 Å². The van der Waals surface area contributed by atoms with Crippen molar-refractivity contribution in [3.8, 4) is 0 Å². The molecule has 3 aliphatic rings. The van der Waals surface area contributed by atoms with E-state index < -0.39 is 0 Å². The zero-order valence-corrected chi connectivity index (χ0v) is 15.3. The van der Waals surface area contributed by atoms with E-state index in [0.29, 0.717) is 12.5 Å². The first kappa shape index (κ1) is 16.5. The molecule has 1 aromatic rings. The van der Waals surface area contributed by atoms with Gasteiger partial charge in [-0.15, -0.1) is 11.3 Å². The average Bonchev–Trinajstić information content (AvgIpc) is 3.19. The van der Waals surface area contributed by atoms with Crippen molar-refractivity contribution in [3.05, 3.63) is 16.6 Å². The Morgan fingerprint density at radius 3 is 2.79 bits per heavy atom. The van der Waals surface area contributed by atoms with Crippen molar-refractivity contribution in [2.45, 2.75) is 32.2 Å². The second kappa shape index (κ2) is 6.73. The Morgan fingerprint density at radius 2 is 2.17 bits per heavy atom. The third-order valence-corrected chi connectivity index (χ3v) is 6.82. The second-order valence-electron chi connectivity index (χ2n) is 7.73. The summed E-state index contributed by atoms with van der Waals surface area (Å²) >= 11 is 1.73. The molecule has 0 bridgehead atoms. The lowest BCUT2D eigenvalue weighted by atomic mass is 9.71. The highest BCUT2D eigenvalue weighted by molar-refractivity contribution is 7.09. The van der Waals surface area contributed by atoms with Gasteiger partial charge in [-0.2, -0.15) is 0 Å². The zero-order chi connectivity index (χ0) is 16.6. The van der Waals surface area contributed by atoms with Crippen molar-refractivity contribution in [1.82, 2.24) is 14.8 Å². The molecule has 1 aliphatic carbocycles. The number of methoxy groups -OCH3 is 1. The lowest BCUT2D eigenvalue weighted by Crippen LogP contribution is -2.45. The van der Waals surface area contributed by atoms with Gasteiger partial charge in [0.05, 0.1) is 19.1 Å². The van der Waals surface area contributed by atoms with Gasteiger partial charge in [0.2, 0.25) is 5.91 Å². The highest BCUT2D eigenvalue weighted by Crippen LogP contribution is 2.47. The van der Waals surface area contributed by atoms with Crippen molar-refractivity contribution >= 4 is 17.2 Å². The maximum absolute atomic E-state index is 12.9. The minimum Gasteiger partial charge on any atom is -0.384 e. The summed E-state index contributed by atoms with van der Waals surface area (Å²) in [6.45, 7) is 5.56. The van der Waals surface area contributed by atoms with Crippen LogP contribution in [0.1, 0.15) is 30.7 Å². The summed E-state index contributed by atoms with van der Waals surface area (Å²) in [4.78, 5) is 21.9. The summed E-state index contributed by atoms with van der Waals surface area (Å²) in [6, 6.07) is 0. The predicted molar refractivity (Wildman–Crippen MR) is 93.7 cm³/mol. The zero-order valence-electron chi connectivity index (χ0n) is 14.4. The van der Waals surface area contributed by atoms with Crippen molar-refractivity contribution in [1.29, 1.82) is 0 Å². The first-order valence-corrected chi connectivity index (χ1v) is 9.96. The van der Waals surface area contributed by atoms with Gasteiger partial charge in [-0.05, 0) is 44.7 Å². The number of nitrogens with zero attached hydrogens (tertiary/aromatic N) is 3. The van der Waals surface area contributed by atoms with Crippen LogP contribution < -0.4 is 0 Å². The van der Waals surface area contributed by atoms with Gasteiger partial charge < -0.3 is 9.64 Å². The van der Waals surface area contributed by atoms with E-state index in [1.54, 1.807) is 18.4 Å². The molecule has 0 N–H and O–H groups in total. The largest absolute Gasteiger partial charge is 0.384 e. The monoisotopic (exact) mass is 349 g/mol. The Morgan fingerprint density at radius 1 is 1.38 bits per heavy atom. The minimum absolute atomic E-state index is 0.0586. The number of carbonyl (C=O) groups excluding carboxylic acids is 1. The van der Waals surface area contributed by atoms with Crippen molar-refractivity contribution in [2.75, 3.05) is 39.9 Å². The molecular formula is C18H27N3O2S. The summed E-state index contributed by atoms with van der Waals surface area (Å²) in [5.41, 5.74) is 0.126. The molecule has 24 heavy (non-hydrogen) atoms. The van der Waals surface area contributed by atoms with Gasteiger partial charge in [0.25, 0.3) is 0 Å². The van der Waals surface area contributed by atoms with Crippen LogP contribution in [0.25, 0.3) is 0 Å². The summed E-state index contributed by atoms with van der Waals surface area (Å²) in [5, 5.41) is 3.23. The van der Waals surface area contributed by atoms with E-state index >= 15 is 0 Å². The first-order valence-electron chi connectivity index (χ1n) is 9.09. The molecule has 0 aromatic carbocycles. The molecule has 0 unspecified atom stereocenters. The van der Waals surface area contributed by atoms with Gasteiger partial charge in [0.15, 0.2) is 0 Å². The van der Waals surface area contributed by atoms with Crippen LogP contribution in [0.2, 0.25) is 0 Å². The Bertz CT molecular complexity index is 565. The number of hydrogen-bond acceptors (Lipinski definition) is 5. The Labute approximate surface area is 148 Å². The van der Waals surface area contributed by atoms with E-state index in [1.165, 1.54) is 17.8 Å². The Balaban J connectivity index is 1.41. The number of rotatable bonds is 6. The molecular weight excluding hydrogens is 322 g/mol. The number of aromatic nitrogens is 1. The number of hydrogen-bond donors (Lipinski definition) is 0. The number of amides is 1. The highest BCUT2D eigenvalue weighted by atomic mass is 32.1. The SMILES string of the molecule is COC[C@H]1C(=O)N(CC2CC2)CC12CCN(Cc1nccs1)CC2. The van der Waals surface area contributed by atoms with E-state index in [1.807, 2.05) is 11.6 Å². The third-order valence-electron chi connectivity index (χ3n) is 6.06. The standard InChI is InChI=1S/C18H27N3O2S/c1-23-12-15-17(22)21(10-14-2-3-14)13-18(15)4-7-20(8-5-18)11-16-19-6-9-24-16/h6,9,14-15H,2-5,7-8,10-13H2,1H3/t15-/m0/s1. The van der Waals surface area contributed by atoms with Crippen LogP contribution >= 0.6 is 11.3 Å². The number of likely N-dealkylation sites (tertiary alicyclic amines) is 2. The molecule has 2 aliphatic heterocycles. The summed E-state index contributed by atoms with van der Waals surface area (Å²) < 4.78 is 5.44. The summed E-state index contributed by atoms with van der Waals surface area (Å²) in [5.74, 6) is 1.16. The molecule has 0 radical (unpaired) electrons.